The molecular weight excluding hydrogens is 301 g/mol. The Morgan fingerprint density at radius 2 is 2.27 bits per heavy atom. The number of pyridine rings is 1. The SMILES string of the molecule is CN(C)CCNC(=O)c1ccc([123I])cn1. The van der Waals surface area contributed by atoms with Crippen LogP contribution in [0.15, 0.2) is 18.3 Å². The van der Waals surface area contributed by atoms with Crippen LogP contribution in [0.25, 0.3) is 0 Å². The zero-order valence-electron chi connectivity index (χ0n) is 8.83. The number of carbonyl (C=O) groups excluding carboxylic acids is 1. The van der Waals surface area contributed by atoms with Crippen molar-refractivity contribution in [3.8, 4) is 0 Å². The fraction of sp³-hybridized carbons (Fsp3) is 0.400. The summed E-state index contributed by atoms with van der Waals surface area (Å²) in [6, 6.07) is 3.60. The first-order chi connectivity index (χ1) is 7.09. The minimum absolute atomic E-state index is 0.117. The fourth-order valence-electron chi connectivity index (χ4n) is 0.994. The number of nitrogens with one attached hydrogen (secondary N) is 1. The minimum atomic E-state index is -0.117. The van der Waals surface area contributed by atoms with Gasteiger partial charge in [0.15, 0.2) is 0 Å². The highest BCUT2D eigenvalue weighted by Crippen LogP contribution is 2.02. The molecule has 0 saturated carbocycles. The standard InChI is InChI=1S/C10H14IN3O/c1-14(2)6-5-12-10(15)9-4-3-8(11)7-13-9/h3-4,7H,5-6H2,1-2H3,(H,12,15)/i11-4. The number of nitrogens with zero attached hydrogens (tertiary/aromatic N) is 2. The maximum absolute atomic E-state index is 11.5. The van der Waals surface area contributed by atoms with Crippen LogP contribution in [-0.4, -0.2) is 43.0 Å². The van der Waals surface area contributed by atoms with Gasteiger partial charge in [0, 0.05) is 22.9 Å². The van der Waals surface area contributed by atoms with Crippen molar-refractivity contribution in [3.05, 3.63) is 27.6 Å². The second kappa shape index (κ2) is 6.02. The largest absolute Gasteiger partial charge is 0.349 e. The summed E-state index contributed by atoms with van der Waals surface area (Å²) in [5.41, 5.74) is 0.467. The first-order valence-corrected chi connectivity index (χ1v) is 5.72. The molecule has 1 amide bonds. The van der Waals surface area contributed by atoms with Gasteiger partial charge < -0.3 is 10.2 Å². The Balaban J connectivity index is 2.43. The Labute approximate surface area is 103 Å². The highest BCUT2D eigenvalue weighted by Gasteiger charge is 2.05. The Morgan fingerprint density at radius 1 is 1.53 bits per heavy atom. The smallest absolute Gasteiger partial charge is 0.269 e. The number of likely N-dealkylation sites (N-methyl/N-ethyl adjacent to an activating group) is 1. The minimum Gasteiger partial charge on any atom is -0.349 e. The van der Waals surface area contributed by atoms with Crippen molar-refractivity contribution in [2.24, 2.45) is 0 Å². The lowest BCUT2D eigenvalue weighted by molar-refractivity contribution is 0.0946. The summed E-state index contributed by atoms with van der Waals surface area (Å²) in [6.07, 6.45) is 1.68. The summed E-state index contributed by atoms with van der Waals surface area (Å²) >= 11 is 2.16. The molecule has 0 fully saturated rings. The molecule has 0 spiro atoms. The summed E-state index contributed by atoms with van der Waals surface area (Å²) in [5.74, 6) is -0.117. The molecule has 1 heterocycles. The Morgan fingerprint density at radius 3 is 2.80 bits per heavy atom. The van der Waals surface area contributed by atoms with Crippen LogP contribution in [0.5, 0.6) is 0 Å². The second-order valence-electron chi connectivity index (χ2n) is 3.42. The number of aromatic nitrogens is 1. The van der Waals surface area contributed by atoms with E-state index in [0.29, 0.717) is 12.2 Å². The molecule has 1 N–H and O–H groups in total. The van der Waals surface area contributed by atoms with Gasteiger partial charge in [-0.25, -0.2) is 4.98 Å². The summed E-state index contributed by atoms with van der Waals surface area (Å²) in [7, 11) is 3.94. The topological polar surface area (TPSA) is 45.2 Å². The Bertz CT molecular complexity index is 324. The van der Waals surface area contributed by atoms with E-state index in [1.54, 1.807) is 12.3 Å². The molecule has 15 heavy (non-hydrogen) atoms. The lowest BCUT2D eigenvalue weighted by atomic mass is 10.3. The van der Waals surface area contributed by atoms with Gasteiger partial charge in [0.2, 0.25) is 0 Å². The van der Waals surface area contributed by atoms with Gasteiger partial charge in [-0.3, -0.25) is 4.79 Å². The molecule has 1 rings (SSSR count). The Kier molecular flexibility index (Phi) is 4.97. The van der Waals surface area contributed by atoms with Gasteiger partial charge in [-0.2, -0.15) is 0 Å². The maximum Gasteiger partial charge on any atom is 0.269 e. The average molecular weight is 315 g/mol. The first kappa shape index (κ1) is 12.4. The van der Waals surface area contributed by atoms with Crippen molar-refractivity contribution in [2.75, 3.05) is 27.2 Å². The summed E-state index contributed by atoms with van der Waals surface area (Å²) < 4.78 is 1.03. The van der Waals surface area contributed by atoms with Crippen LogP contribution in [0.3, 0.4) is 0 Å². The van der Waals surface area contributed by atoms with Gasteiger partial charge in [-0.15, -0.1) is 0 Å². The second-order valence-corrected chi connectivity index (χ2v) is 4.67. The maximum atomic E-state index is 11.5. The van der Waals surface area contributed by atoms with Crippen LogP contribution in [0.1, 0.15) is 10.5 Å². The van der Waals surface area contributed by atoms with Gasteiger partial charge in [0.05, 0.1) is 0 Å². The molecule has 0 bridgehead atoms. The van der Waals surface area contributed by atoms with Gasteiger partial charge in [-0.1, -0.05) is 0 Å². The van der Waals surface area contributed by atoms with Crippen molar-refractivity contribution < 1.29 is 4.79 Å². The van der Waals surface area contributed by atoms with Crippen molar-refractivity contribution in [1.29, 1.82) is 0 Å². The van der Waals surface area contributed by atoms with Crippen molar-refractivity contribution in [3.63, 3.8) is 0 Å². The number of hydrogen-bond donors (Lipinski definition) is 1. The molecule has 1 aromatic heterocycles. The quantitative estimate of drug-likeness (QED) is 0.843. The zero-order chi connectivity index (χ0) is 11.3. The van der Waals surface area contributed by atoms with E-state index < -0.39 is 0 Å². The van der Waals surface area contributed by atoms with E-state index in [0.717, 1.165) is 10.1 Å². The van der Waals surface area contributed by atoms with Crippen molar-refractivity contribution >= 4 is 28.5 Å². The molecular formula is C10H14IN3O. The third-order valence-electron chi connectivity index (χ3n) is 1.80. The number of hydrogen-bond acceptors (Lipinski definition) is 3. The van der Waals surface area contributed by atoms with E-state index in [2.05, 4.69) is 32.9 Å². The molecule has 1 aromatic rings. The molecule has 0 aliphatic heterocycles. The van der Waals surface area contributed by atoms with Crippen molar-refractivity contribution in [1.82, 2.24) is 15.2 Å². The zero-order valence-corrected chi connectivity index (χ0v) is 11.0. The molecule has 0 unspecified atom stereocenters. The molecule has 0 saturated heterocycles. The summed E-state index contributed by atoms with van der Waals surface area (Å²) in [4.78, 5) is 17.6. The van der Waals surface area contributed by atoms with E-state index in [1.165, 1.54) is 0 Å². The monoisotopic (exact) mass is 315 g/mol. The van der Waals surface area contributed by atoms with E-state index in [4.69, 9.17) is 0 Å². The number of rotatable bonds is 4. The van der Waals surface area contributed by atoms with E-state index in [9.17, 15) is 4.79 Å². The first-order valence-electron chi connectivity index (χ1n) is 4.64. The third-order valence-corrected chi connectivity index (χ3v) is 2.44. The number of halogens is 1. The van der Waals surface area contributed by atoms with E-state index in [1.807, 2.05) is 25.1 Å². The molecule has 5 heteroatoms. The summed E-state index contributed by atoms with van der Waals surface area (Å²) in [6.45, 7) is 1.47. The van der Waals surface area contributed by atoms with E-state index in [-0.39, 0.29) is 5.91 Å². The van der Waals surface area contributed by atoms with Crippen LogP contribution < -0.4 is 5.32 Å². The average Bonchev–Trinajstić information content (AvgIpc) is 2.18. The van der Waals surface area contributed by atoms with Crippen LogP contribution in [0.4, 0.5) is 0 Å². The molecule has 0 aromatic carbocycles. The van der Waals surface area contributed by atoms with Crippen molar-refractivity contribution in [2.45, 2.75) is 0 Å². The Hall–Kier alpha value is -0.690. The van der Waals surface area contributed by atoms with Gasteiger partial charge in [-0.05, 0) is 48.8 Å². The van der Waals surface area contributed by atoms with Crippen LogP contribution in [0, 0.1) is 3.57 Å². The van der Waals surface area contributed by atoms with Gasteiger partial charge in [0.1, 0.15) is 5.69 Å². The molecule has 0 atom stereocenters. The highest BCUT2D eigenvalue weighted by molar-refractivity contribution is 14.1. The fourth-order valence-corrected chi connectivity index (χ4v) is 1.31. The van der Waals surface area contributed by atoms with Crippen LogP contribution in [0.2, 0.25) is 0 Å². The van der Waals surface area contributed by atoms with Gasteiger partial charge in [0.25, 0.3) is 5.91 Å². The lowest BCUT2D eigenvalue weighted by Crippen LogP contribution is -2.31. The molecule has 0 radical (unpaired) electrons. The predicted octanol–water partition coefficient (Wildman–Crippen LogP) is 0.978. The van der Waals surface area contributed by atoms with Crippen LogP contribution >= 0.6 is 22.6 Å². The predicted molar refractivity (Wildman–Crippen MR) is 67.8 cm³/mol. The molecule has 82 valence electrons. The van der Waals surface area contributed by atoms with E-state index >= 15 is 0 Å². The summed E-state index contributed by atoms with van der Waals surface area (Å²) in [5, 5.41) is 2.80. The van der Waals surface area contributed by atoms with Crippen LogP contribution in [-0.2, 0) is 0 Å². The lowest BCUT2D eigenvalue weighted by Gasteiger charge is -2.09. The number of amides is 1. The molecule has 0 aliphatic carbocycles. The molecule has 0 aliphatic rings. The third kappa shape index (κ3) is 4.57. The highest BCUT2D eigenvalue weighted by atomic mass is 123. The molecule has 4 nitrogen and oxygen atoms in total. The normalized spacial score (nSPS) is 10.4. The number of carbonyl (C=O) groups is 1. The van der Waals surface area contributed by atoms with Gasteiger partial charge >= 0.3 is 0 Å².